The van der Waals surface area contributed by atoms with E-state index in [1.54, 1.807) is 18.7 Å². The summed E-state index contributed by atoms with van der Waals surface area (Å²) < 4.78 is 5.52. The van der Waals surface area contributed by atoms with Gasteiger partial charge < -0.3 is 14.5 Å². The van der Waals surface area contributed by atoms with E-state index in [1.807, 2.05) is 42.2 Å². The van der Waals surface area contributed by atoms with Crippen LogP contribution in [0.2, 0.25) is 0 Å². The highest BCUT2D eigenvalue weighted by atomic mass is 16.5. The van der Waals surface area contributed by atoms with Gasteiger partial charge in [0.2, 0.25) is 5.91 Å². The highest BCUT2D eigenvalue weighted by Crippen LogP contribution is 2.20. The topological polar surface area (TPSA) is 92.7 Å². The second kappa shape index (κ2) is 16.1. The molecule has 40 heavy (non-hydrogen) atoms. The molecule has 218 valence electrons. The van der Waals surface area contributed by atoms with Crippen molar-refractivity contribution in [2.75, 3.05) is 19.6 Å². The predicted octanol–water partition coefficient (Wildman–Crippen LogP) is 6.04. The lowest BCUT2D eigenvalue weighted by Gasteiger charge is -2.40. The van der Waals surface area contributed by atoms with Gasteiger partial charge in [0.1, 0.15) is 23.7 Å². The third-order valence-corrected chi connectivity index (χ3v) is 7.55. The molecule has 3 rings (SSSR count). The van der Waals surface area contributed by atoms with Crippen LogP contribution in [-0.4, -0.2) is 63.2 Å². The zero-order valence-electron chi connectivity index (χ0n) is 24.8. The second-order valence-electron chi connectivity index (χ2n) is 10.9. The van der Waals surface area contributed by atoms with Crippen molar-refractivity contribution in [3.63, 3.8) is 0 Å². The first kappa shape index (κ1) is 31.2. The summed E-state index contributed by atoms with van der Waals surface area (Å²) in [6.45, 7) is 8.95. The number of ether oxygens (including phenoxy) is 1. The average molecular weight is 551 g/mol. The standard InChI is InChI=1S/C32H46N4O4/c1-5-6-7-8-9-10-11-12-16-19-28(37)36-21-20-35(22-24(36)2)31(38)30-29(25(3)33-26(4)34-30)32(39)40-23-27-17-14-13-15-18-27/h13-15,17-18,24H,5-12,16,19-23H2,1-4H3. The molecular weight excluding hydrogens is 504 g/mol. The number of hydrogen-bond donors (Lipinski definition) is 0. The molecule has 0 aliphatic carbocycles. The Morgan fingerprint density at radius 1 is 0.900 bits per heavy atom. The number of carbonyl (C=O) groups excluding carboxylic acids is 3. The molecule has 0 radical (unpaired) electrons. The number of esters is 1. The van der Waals surface area contributed by atoms with E-state index in [-0.39, 0.29) is 35.7 Å². The minimum Gasteiger partial charge on any atom is -0.457 e. The molecule has 2 heterocycles. The van der Waals surface area contributed by atoms with E-state index in [9.17, 15) is 14.4 Å². The summed E-state index contributed by atoms with van der Waals surface area (Å²) in [5, 5.41) is 0. The summed E-state index contributed by atoms with van der Waals surface area (Å²) in [5.74, 6) is -0.379. The summed E-state index contributed by atoms with van der Waals surface area (Å²) in [6.07, 6.45) is 11.5. The van der Waals surface area contributed by atoms with E-state index in [0.29, 0.717) is 37.6 Å². The maximum atomic E-state index is 13.6. The van der Waals surface area contributed by atoms with Crippen molar-refractivity contribution >= 4 is 17.8 Å². The van der Waals surface area contributed by atoms with Crippen molar-refractivity contribution in [3.8, 4) is 0 Å². The van der Waals surface area contributed by atoms with Crippen LogP contribution in [0.15, 0.2) is 30.3 Å². The van der Waals surface area contributed by atoms with E-state index < -0.39 is 5.97 Å². The Morgan fingerprint density at radius 2 is 1.55 bits per heavy atom. The summed E-state index contributed by atoms with van der Waals surface area (Å²) in [4.78, 5) is 51.8. The molecule has 0 bridgehead atoms. The monoisotopic (exact) mass is 550 g/mol. The molecule has 1 fully saturated rings. The number of benzene rings is 1. The van der Waals surface area contributed by atoms with E-state index in [4.69, 9.17) is 4.74 Å². The fourth-order valence-electron chi connectivity index (χ4n) is 5.30. The smallest absolute Gasteiger partial charge is 0.342 e. The van der Waals surface area contributed by atoms with Gasteiger partial charge in [0.15, 0.2) is 0 Å². The van der Waals surface area contributed by atoms with Gasteiger partial charge in [-0.1, -0.05) is 88.6 Å². The van der Waals surface area contributed by atoms with E-state index >= 15 is 0 Å². The number of hydrogen-bond acceptors (Lipinski definition) is 6. The van der Waals surface area contributed by atoms with E-state index in [2.05, 4.69) is 16.9 Å². The number of unbranched alkanes of at least 4 members (excludes halogenated alkanes) is 8. The molecule has 2 aromatic rings. The van der Waals surface area contributed by atoms with Gasteiger partial charge in [-0.05, 0) is 32.8 Å². The lowest BCUT2D eigenvalue weighted by Crippen LogP contribution is -2.55. The summed E-state index contributed by atoms with van der Waals surface area (Å²) in [6, 6.07) is 9.28. The molecule has 1 aliphatic heterocycles. The number of aromatic nitrogens is 2. The lowest BCUT2D eigenvalue weighted by molar-refractivity contribution is -0.135. The van der Waals surface area contributed by atoms with Crippen molar-refractivity contribution in [1.82, 2.24) is 19.8 Å². The van der Waals surface area contributed by atoms with Gasteiger partial charge in [-0.25, -0.2) is 14.8 Å². The van der Waals surface area contributed by atoms with Crippen LogP contribution in [0.3, 0.4) is 0 Å². The van der Waals surface area contributed by atoms with Gasteiger partial charge >= 0.3 is 5.97 Å². The largest absolute Gasteiger partial charge is 0.457 e. The van der Waals surface area contributed by atoms with Gasteiger partial charge in [0.05, 0.1) is 5.69 Å². The second-order valence-corrected chi connectivity index (χ2v) is 10.9. The molecular formula is C32H46N4O4. The third kappa shape index (κ3) is 9.14. The first-order chi connectivity index (χ1) is 19.3. The Labute approximate surface area is 239 Å². The van der Waals surface area contributed by atoms with Crippen LogP contribution in [0, 0.1) is 13.8 Å². The maximum absolute atomic E-state index is 13.6. The molecule has 2 amide bonds. The lowest BCUT2D eigenvalue weighted by atomic mass is 10.1. The maximum Gasteiger partial charge on any atom is 0.342 e. The zero-order chi connectivity index (χ0) is 28.9. The molecule has 1 aliphatic rings. The van der Waals surface area contributed by atoms with Crippen LogP contribution in [-0.2, 0) is 16.1 Å². The number of carbonyl (C=O) groups is 3. The summed E-state index contributed by atoms with van der Waals surface area (Å²) in [5.41, 5.74) is 1.43. The Kier molecular flexibility index (Phi) is 12.6. The molecule has 1 aromatic carbocycles. The number of aryl methyl sites for hydroxylation is 2. The molecule has 1 atom stereocenters. The number of piperazine rings is 1. The molecule has 0 N–H and O–H groups in total. The number of nitrogens with zero attached hydrogens (tertiary/aromatic N) is 4. The SMILES string of the molecule is CCCCCCCCCCCC(=O)N1CCN(C(=O)c2nc(C)nc(C)c2C(=O)OCc2ccccc2)CC1C. The normalized spacial score (nSPS) is 15.2. The summed E-state index contributed by atoms with van der Waals surface area (Å²) >= 11 is 0. The van der Waals surface area contributed by atoms with Gasteiger partial charge in [-0.3, -0.25) is 9.59 Å². The highest BCUT2D eigenvalue weighted by molar-refractivity contribution is 6.04. The quantitative estimate of drug-likeness (QED) is 0.210. The minimum absolute atomic E-state index is 0.0599. The van der Waals surface area contributed by atoms with Gasteiger partial charge in [-0.2, -0.15) is 0 Å². The van der Waals surface area contributed by atoms with E-state index in [0.717, 1.165) is 18.4 Å². The van der Waals surface area contributed by atoms with Gasteiger partial charge in [0, 0.05) is 32.1 Å². The van der Waals surface area contributed by atoms with Crippen molar-refractivity contribution in [2.24, 2.45) is 0 Å². The molecule has 8 heteroatoms. The molecule has 1 unspecified atom stereocenters. The van der Waals surface area contributed by atoms with Crippen LogP contribution in [0.1, 0.15) is 116 Å². The highest BCUT2D eigenvalue weighted by Gasteiger charge is 2.33. The van der Waals surface area contributed by atoms with Gasteiger partial charge in [0.25, 0.3) is 5.91 Å². The Bertz CT molecular complexity index is 1120. The molecule has 1 saturated heterocycles. The van der Waals surface area contributed by atoms with Crippen molar-refractivity contribution in [3.05, 3.63) is 58.7 Å². The van der Waals surface area contributed by atoms with E-state index in [1.165, 1.54) is 44.9 Å². The van der Waals surface area contributed by atoms with Crippen molar-refractivity contribution < 1.29 is 19.1 Å². The molecule has 0 saturated carbocycles. The van der Waals surface area contributed by atoms with Crippen LogP contribution in [0.5, 0.6) is 0 Å². The number of amides is 2. The fraction of sp³-hybridized carbons (Fsp3) is 0.594. The first-order valence-corrected chi connectivity index (χ1v) is 15.0. The van der Waals surface area contributed by atoms with Crippen LogP contribution in [0.25, 0.3) is 0 Å². The zero-order valence-corrected chi connectivity index (χ0v) is 24.8. The fourth-order valence-corrected chi connectivity index (χ4v) is 5.30. The Morgan fingerprint density at radius 3 is 2.20 bits per heavy atom. The molecule has 8 nitrogen and oxygen atoms in total. The Hall–Kier alpha value is -3.29. The van der Waals surface area contributed by atoms with Gasteiger partial charge in [-0.15, -0.1) is 0 Å². The summed E-state index contributed by atoms with van der Waals surface area (Å²) in [7, 11) is 0. The predicted molar refractivity (Wildman–Crippen MR) is 156 cm³/mol. The molecule has 0 spiro atoms. The van der Waals surface area contributed by atoms with Crippen molar-refractivity contribution in [2.45, 2.75) is 105 Å². The van der Waals surface area contributed by atoms with Crippen LogP contribution in [0.4, 0.5) is 0 Å². The average Bonchev–Trinajstić information content (AvgIpc) is 2.94. The van der Waals surface area contributed by atoms with Crippen LogP contribution < -0.4 is 0 Å². The number of rotatable bonds is 14. The Balaban J connectivity index is 1.53. The third-order valence-electron chi connectivity index (χ3n) is 7.55. The van der Waals surface area contributed by atoms with Crippen LogP contribution >= 0.6 is 0 Å². The first-order valence-electron chi connectivity index (χ1n) is 15.0. The molecule has 1 aromatic heterocycles. The van der Waals surface area contributed by atoms with Crippen molar-refractivity contribution in [1.29, 1.82) is 0 Å². The minimum atomic E-state index is -0.618.